The Hall–Kier alpha value is -2.91. The van der Waals surface area contributed by atoms with Gasteiger partial charge in [-0.3, -0.25) is 14.2 Å². The van der Waals surface area contributed by atoms with Gasteiger partial charge in [0.05, 0.1) is 5.39 Å². The zero-order valence-corrected chi connectivity index (χ0v) is 20.1. The number of aromatic nitrogens is 2. The molecule has 0 unspecified atom stereocenters. The Kier molecular flexibility index (Phi) is 5.96. The highest BCUT2D eigenvalue weighted by molar-refractivity contribution is 7.98. The van der Waals surface area contributed by atoms with Crippen molar-refractivity contribution in [3.8, 4) is 0 Å². The average molecular weight is 470 g/mol. The average Bonchev–Trinajstić information content (AvgIpc) is 2.98. The van der Waals surface area contributed by atoms with Crippen LogP contribution in [0.3, 0.4) is 0 Å². The topological polar surface area (TPSA) is 94.2 Å². The molecule has 0 bridgehead atoms. The number of aryl methyl sites for hydroxylation is 2. The van der Waals surface area contributed by atoms with Crippen LogP contribution in [-0.4, -0.2) is 15.5 Å². The summed E-state index contributed by atoms with van der Waals surface area (Å²) in [5, 5.41) is 4.76. The van der Waals surface area contributed by atoms with Gasteiger partial charge in [0.2, 0.25) is 5.91 Å². The van der Waals surface area contributed by atoms with E-state index in [0.29, 0.717) is 27.6 Å². The first kappa shape index (κ1) is 22.3. The summed E-state index contributed by atoms with van der Waals surface area (Å²) in [5.74, 6) is 0.237. The monoisotopic (exact) mass is 469 g/mol. The van der Waals surface area contributed by atoms with Crippen LogP contribution in [-0.2, 0) is 10.5 Å². The minimum absolute atomic E-state index is 0.0354. The van der Waals surface area contributed by atoms with Gasteiger partial charge in [0.15, 0.2) is 5.16 Å². The molecule has 0 radical (unpaired) electrons. The molecular weight excluding hydrogens is 446 g/mol. The van der Waals surface area contributed by atoms with Crippen LogP contribution in [0.4, 0.5) is 5.69 Å². The number of nitrogens with zero attached hydrogens (tertiary/aromatic N) is 2. The molecule has 0 aliphatic carbocycles. The molecule has 166 valence electrons. The van der Waals surface area contributed by atoms with E-state index in [1.165, 1.54) is 36.1 Å². The molecule has 3 heterocycles. The lowest BCUT2D eigenvalue weighted by Crippen LogP contribution is -2.25. The lowest BCUT2D eigenvalue weighted by Gasteiger charge is -2.15. The zero-order chi connectivity index (χ0) is 23.2. The fourth-order valence-electron chi connectivity index (χ4n) is 3.62. The summed E-state index contributed by atoms with van der Waals surface area (Å²) in [6, 6.07) is 6.63. The van der Waals surface area contributed by atoms with E-state index in [0.717, 1.165) is 26.2 Å². The van der Waals surface area contributed by atoms with Crippen molar-refractivity contribution in [1.29, 1.82) is 0 Å². The van der Waals surface area contributed by atoms with Crippen LogP contribution in [0, 0.1) is 13.8 Å². The van der Waals surface area contributed by atoms with E-state index >= 15 is 0 Å². The van der Waals surface area contributed by atoms with Crippen LogP contribution < -0.4 is 16.5 Å². The van der Waals surface area contributed by atoms with E-state index in [-0.39, 0.29) is 17.5 Å². The molecule has 9 heteroatoms. The number of carbonyl (C=O) groups excluding carboxylic acids is 1. The minimum atomic E-state index is -0.470. The molecule has 0 atom stereocenters. The largest absolute Gasteiger partial charge is 0.423 e. The van der Waals surface area contributed by atoms with Gasteiger partial charge in [0, 0.05) is 46.8 Å². The van der Waals surface area contributed by atoms with Gasteiger partial charge in [-0.15, -0.1) is 11.3 Å². The fraction of sp³-hybridized carbons (Fsp3) is 0.304. The Labute approximate surface area is 192 Å². The third-order valence-corrected chi connectivity index (χ3v) is 7.33. The Bertz CT molecular complexity index is 1480. The van der Waals surface area contributed by atoms with Crippen molar-refractivity contribution in [2.45, 2.75) is 51.6 Å². The Morgan fingerprint density at radius 1 is 1.25 bits per heavy atom. The van der Waals surface area contributed by atoms with Crippen molar-refractivity contribution >= 4 is 55.9 Å². The van der Waals surface area contributed by atoms with Gasteiger partial charge in [0.1, 0.15) is 10.4 Å². The molecule has 1 N–H and O–H groups in total. The number of thioether (sulfide) groups is 1. The Morgan fingerprint density at radius 2 is 2.00 bits per heavy atom. The van der Waals surface area contributed by atoms with Gasteiger partial charge < -0.3 is 9.73 Å². The second-order valence-corrected chi connectivity index (χ2v) is 10.0. The molecule has 1 amide bonds. The molecule has 4 aromatic rings. The van der Waals surface area contributed by atoms with E-state index in [1.54, 1.807) is 16.7 Å². The highest BCUT2D eigenvalue weighted by Crippen LogP contribution is 2.32. The summed E-state index contributed by atoms with van der Waals surface area (Å²) in [6.45, 7) is 9.30. The predicted octanol–water partition coefficient (Wildman–Crippen LogP) is 5.01. The first-order valence-corrected chi connectivity index (χ1v) is 12.0. The Morgan fingerprint density at radius 3 is 2.69 bits per heavy atom. The molecule has 4 rings (SSSR count). The lowest BCUT2D eigenvalue weighted by atomic mass is 10.1. The normalized spacial score (nSPS) is 11.6. The summed E-state index contributed by atoms with van der Waals surface area (Å²) in [7, 11) is 0. The number of amides is 1. The van der Waals surface area contributed by atoms with Crippen molar-refractivity contribution in [2.24, 2.45) is 0 Å². The number of hydrogen-bond donors (Lipinski definition) is 1. The van der Waals surface area contributed by atoms with Crippen molar-refractivity contribution < 1.29 is 9.21 Å². The summed E-state index contributed by atoms with van der Waals surface area (Å²) in [6.07, 6.45) is 0. The second kappa shape index (κ2) is 8.55. The van der Waals surface area contributed by atoms with Gasteiger partial charge >= 0.3 is 5.63 Å². The van der Waals surface area contributed by atoms with Crippen LogP contribution in [0.1, 0.15) is 42.8 Å². The SMILES string of the molecule is CC(=O)Nc1ccc2c(CSc3nc4sc(C)c(C)c4c(=O)n3C(C)C)cc(=O)oc2c1. The Balaban J connectivity index is 1.76. The van der Waals surface area contributed by atoms with E-state index in [9.17, 15) is 14.4 Å². The number of benzene rings is 1. The maximum atomic E-state index is 13.2. The van der Waals surface area contributed by atoms with Gasteiger partial charge in [-0.1, -0.05) is 11.8 Å². The smallest absolute Gasteiger partial charge is 0.336 e. The van der Waals surface area contributed by atoms with Gasteiger partial charge in [-0.2, -0.15) is 0 Å². The quantitative estimate of drug-likeness (QED) is 0.251. The molecule has 7 nitrogen and oxygen atoms in total. The molecule has 0 saturated heterocycles. The van der Waals surface area contributed by atoms with Gasteiger partial charge in [-0.05, 0) is 51.0 Å². The van der Waals surface area contributed by atoms with E-state index in [2.05, 4.69) is 5.32 Å². The standard InChI is InChI=1S/C23H23N3O4S2/c1-11(2)26-22(29)20-12(3)13(4)32-21(20)25-23(26)31-10-15-8-19(28)30-18-9-16(24-14(5)27)6-7-17(15)18/h6-9,11H,10H2,1-5H3,(H,24,27). The lowest BCUT2D eigenvalue weighted by molar-refractivity contribution is -0.114. The highest BCUT2D eigenvalue weighted by Gasteiger charge is 2.19. The fourth-order valence-corrected chi connectivity index (χ4v) is 5.81. The summed E-state index contributed by atoms with van der Waals surface area (Å²) >= 11 is 2.94. The highest BCUT2D eigenvalue weighted by atomic mass is 32.2. The van der Waals surface area contributed by atoms with Gasteiger partial charge in [-0.25, -0.2) is 9.78 Å². The molecule has 0 saturated carbocycles. The van der Waals surface area contributed by atoms with E-state index in [1.807, 2.05) is 33.8 Å². The first-order valence-electron chi connectivity index (χ1n) is 10.1. The molecule has 1 aromatic carbocycles. The second-order valence-electron chi connectivity index (χ2n) is 7.90. The summed E-state index contributed by atoms with van der Waals surface area (Å²) in [5.41, 5.74) is 2.21. The van der Waals surface area contributed by atoms with Crippen LogP contribution >= 0.6 is 23.1 Å². The molecule has 0 spiro atoms. The third kappa shape index (κ3) is 4.10. The van der Waals surface area contributed by atoms with E-state index < -0.39 is 5.63 Å². The van der Waals surface area contributed by atoms with Crippen molar-refractivity contribution in [1.82, 2.24) is 9.55 Å². The minimum Gasteiger partial charge on any atom is -0.423 e. The third-order valence-electron chi connectivity index (χ3n) is 5.23. The molecule has 32 heavy (non-hydrogen) atoms. The predicted molar refractivity (Wildman–Crippen MR) is 130 cm³/mol. The summed E-state index contributed by atoms with van der Waals surface area (Å²) in [4.78, 5) is 43.4. The number of hydrogen-bond acceptors (Lipinski definition) is 7. The van der Waals surface area contributed by atoms with Crippen LogP contribution in [0.5, 0.6) is 0 Å². The van der Waals surface area contributed by atoms with E-state index in [4.69, 9.17) is 9.40 Å². The number of nitrogens with one attached hydrogen (secondary N) is 1. The number of carbonyl (C=O) groups is 1. The molecule has 3 aromatic heterocycles. The maximum absolute atomic E-state index is 13.2. The number of rotatable bonds is 5. The molecular formula is C23H23N3O4S2. The maximum Gasteiger partial charge on any atom is 0.336 e. The molecule has 0 aliphatic heterocycles. The van der Waals surface area contributed by atoms with Crippen molar-refractivity contribution in [2.75, 3.05) is 5.32 Å². The van der Waals surface area contributed by atoms with Crippen molar-refractivity contribution in [3.05, 3.63) is 61.0 Å². The van der Waals surface area contributed by atoms with Crippen LogP contribution in [0.2, 0.25) is 0 Å². The van der Waals surface area contributed by atoms with Crippen LogP contribution in [0.25, 0.3) is 21.2 Å². The number of fused-ring (bicyclic) bond motifs is 2. The number of anilines is 1. The van der Waals surface area contributed by atoms with Crippen molar-refractivity contribution in [3.63, 3.8) is 0 Å². The molecule has 0 aliphatic rings. The summed E-state index contributed by atoms with van der Waals surface area (Å²) < 4.78 is 7.06. The number of thiophene rings is 1. The first-order chi connectivity index (χ1) is 15.2. The van der Waals surface area contributed by atoms with Gasteiger partial charge in [0.25, 0.3) is 5.56 Å². The zero-order valence-electron chi connectivity index (χ0n) is 18.4. The molecule has 0 fully saturated rings. The van der Waals surface area contributed by atoms with Crippen LogP contribution in [0.15, 0.2) is 43.4 Å².